The van der Waals surface area contributed by atoms with Crippen LogP contribution < -0.4 is 5.73 Å². The summed E-state index contributed by atoms with van der Waals surface area (Å²) in [5.74, 6) is 0.753. The van der Waals surface area contributed by atoms with Gasteiger partial charge in [-0.25, -0.2) is 12.9 Å². The second-order valence-corrected chi connectivity index (χ2v) is 8.62. The van der Waals surface area contributed by atoms with Crippen molar-refractivity contribution in [1.82, 2.24) is 23.9 Å². The molecule has 2 N–H and O–H groups in total. The van der Waals surface area contributed by atoms with Crippen LogP contribution in [0, 0.1) is 5.92 Å². The van der Waals surface area contributed by atoms with E-state index in [1.165, 1.54) is 6.20 Å². The van der Waals surface area contributed by atoms with Crippen LogP contribution in [-0.4, -0.2) is 45.4 Å². The first-order valence-corrected chi connectivity index (χ1v) is 9.95. The quantitative estimate of drug-likeness (QED) is 0.751. The van der Waals surface area contributed by atoms with Gasteiger partial charge in [-0.3, -0.25) is 4.98 Å². The zero-order valence-electron chi connectivity index (χ0n) is 14.4. The monoisotopic (exact) mass is 372 g/mol. The Morgan fingerprint density at radius 3 is 2.69 bits per heavy atom. The lowest BCUT2D eigenvalue weighted by Crippen LogP contribution is -2.37. The molecule has 0 spiro atoms. The van der Waals surface area contributed by atoms with Crippen LogP contribution in [0.4, 0.5) is 5.95 Å². The predicted octanol–water partition coefficient (Wildman–Crippen LogP) is 1.79. The van der Waals surface area contributed by atoms with E-state index in [0.717, 1.165) is 18.4 Å². The maximum absolute atomic E-state index is 12.9. The topological polar surface area (TPSA) is 106 Å². The fourth-order valence-electron chi connectivity index (χ4n) is 3.16. The molecule has 0 amide bonds. The lowest BCUT2D eigenvalue weighted by atomic mass is 10.0. The molecule has 8 nitrogen and oxygen atoms in total. The summed E-state index contributed by atoms with van der Waals surface area (Å²) < 4.78 is 29.0. The summed E-state index contributed by atoms with van der Waals surface area (Å²) in [5, 5.41) is 4.09. The van der Waals surface area contributed by atoms with Crippen molar-refractivity contribution in [2.45, 2.75) is 24.7 Å². The minimum atomic E-state index is -3.54. The van der Waals surface area contributed by atoms with Gasteiger partial charge in [0.25, 0.3) is 0 Å². The maximum Gasteiger partial charge on any atom is 0.244 e. The van der Waals surface area contributed by atoms with Crippen LogP contribution in [-0.2, 0) is 10.0 Å². The molecule has 1 aliphatic heterocycles. The van der Waals surface area contributed by atoms with Gasteiger partial charge in [-0.05, 0) is 37.0 Å². The lowest BCUT2D eigenvalue weighted by molar-refractivity contribution is 0.288. The molecule has 0 saturated carbocycles. The standard InChI is InChI=1S/C17H20N6O2S/c1-12-4-6-22(7-5-12)26(24,25)15-8-14(9-19-10-15)13-2-3-16-20-17(18)21-23(16)11-13/h2-3,8-12H,4-7H2,1H3,(H2,18,21). The molecule has 1 aliphatic rings. The van der Waals surface area contributed by atoms with Crippen LogP contribution in [0.5, 0.6) is 0 Å². The number of nitrogens with two attached hydrogens (primary N) is 1. The molecule has 26 heavy (non-hydrogen) atoms. The van der Waals surface area contributed by atoms with Gasteiger partial charge in [-0.2, -0.15) is 9.29 Å². The molecule has 0 atom stereocenters. The molecule has 0 bridgehead atoms. The third kappa shape index (κ3) is 3.04. The van der Waals surface area contributed by atoms with Crippen molar-refractivity contribution in [3.8, 4) is 11.1 Å². The molecule has 0 aliphatic carbocycles. The van der Waals surface area contributed by atoms with Gasteiger partial charge in [0.1, 0.15) is 4.90 Å². The van der Waals surface area contributed by atoms with Crippen molar-refractivity contribution in [2.75, 3.05) is 18.8 Å². The van der Waals surface area contributed by atoms with Gasteiger partial charge >= 0.3 is 0 Å². The number of hydrogen-bond donors (Lipinski definition) is 1. The number of sulfonamides is 1. The van der Waals surface area contributed by atoms with Gasteiger partial charge in [-0.1, -0.05) is 6.92 Å². The highest BCUT2D eigenvalue weighted by Crippen LogP contribution is 2.26. The highest BCUT2D eigenvalue weighted by atomic mass is 32.2. The van der Waals surface area contributed by atoms with Gasteiger partial charge < -0.3 is 5.73 Å². The van der Waals surface area contributed by atoms with Crippen LogP contribution >= 0.6 is 0 Å². The summed E-state index contributed by atoms with van der Waals surface area (Å²) in [5.41, 5.74) is 7.73. The van der Waals surface area contributed by atoms with Crippen molar-refractivity contribution >= 4 is 21.6 Å². The smallest absolute Gasteiger partial charge is 0.244 e. The molecular formula is C17H20N6O2S. The molecule has 3 aromatic heterocycles. The van der Waals surface area contributed by atoms with E-state index < -0.39 is 10.0 Å². The van der Waals surface area contributed by atoms with Crippen LogP contribution in [0.15, 0.2) is 41.7 Å². The first-order chi connectivity index (χ1) is 12.4. The zero-order chi connectivity index (χ0) is 18.3. The molecule has 4 rings (SSSR count). The van der Waals surface area contributed by atoms with Crippen molar-refractivity contribution in [2.24, 2.45) is 5.92 Å². The highest BCUT2D eigenvalue weighted by molar-refractivity contribution is 7.89. The van der Waals surface area contributed by atoms with Crippen LogP contribution in [0.1, 0.15) is 19.8 Å². The molecule has 1 fully saturated rings. The van der Waals surface area contributed by atoms with Gasteiger partial charge in [-0.15, -0.1) is 5.10 Å². The molecule has 0 aromatic carbocycles. The average Bonchev–Trinajstić information content (AvgIpc) is 3.01. The van der Waals surface area contributed by atoms with E-state index in [1.807, 2.05) is 6.07 Å². The van der Waals surface area contributed by atoms with Crippen LogP contribution in [0.2, 0.25) is 0 Å². The molecule has 9 heteroatoms. The first kappa shape index (κ1) is 16.9. The molecule has 3 aromatic rings. The third-order valence-corrected chi connectivity index (χ3v) is 6.64. The number of piperidine rings is 1. The Morgan fingerprint density at radius 1 is 1.15 bits per heavy atom. The fourth-order valence-corrected chi connectivity index (χ4v) is 4.62. The second-order valence-electron chi connectivity index (χ2n) is 6.69. The third-order valence-electron chi connectivity index (χ3n) is 4.77. The van der Waals surface area contributed by atoms with Gasteiger partial charge in [0, 0.05) is 42.8 Å². The van der Waals surface area contributed by atoms with E-state index >= 15 is 0 Å². The maximum atomic E-state index is 12.9. The van der Waals surface area contributed by atoms with E-state index in [0.29, 0.717) is 30.2 Å². The first-order valence-electron chi connectivity index (χ1n) is 8.51. The summed E-state index contributed by atoms with van der Waals surface area (Å²) in [6, 6.07) is 5.28. The molecule has 0 unspecified atom stereocenters. The minimum absolute atomic E-state index is 0.191. The molecule has 136 valence electrons. The number of anilines is 1. The Kier molecular flexibility index (Phi) is 4.12. The van der Waals surface area contributed by atoms with Crippen molar-refractivity contribution in [3.63, 3.8) is 0 Å². The molecule has 1 saturated heterocycles. The van der Waals surface area contributed by atoms with Crippen molar-refractivity contribution < 1.29 is 8.42 Å². The number of nitrogens with zero attached hydrogens (tertiary/aromatic N) is 5. The summed E-state index contributed by atoms with van der Waals surface area (Å²) in [7, 11) is -3.54. The summed E-state index contributed by atoms with van der Waals surface area (Å²) in [6.07, 6.45) is 6.57. The van der Waals surface area contributed by atoms with E-state index in [4.69, 9.17) is 5.73 Å². The fraction of sp³-hybridized carbons (Fsp3) is 0.353. The number of rotatable bonds is 3. The highest BCUT2D eigenvalue weighted by Gasteiger charge is 2.28. The van der Waals surface area contributed by atoms with E-state index in [9.17, 15) is 8.42 Å². The van der Waals surface area contributed by atoms with E-state index in [2.05, 4.69) is 22.0 Å². The van der Waals surface area contributed by atoms with Crippen molar-refractivity contribution in [3.05, 3.63) is 36.8 Å². The predicted molar refractivity (Wildman–Crippen MR) is 97.8 cm³/mol. The Balaban J connectivity index is 1.69. The van der Waals surface area contributed by atoms with Crippen molar-refractivity contribution in [1.29, 1.82) is 0 Å². The number of fused-ring (bicyclic) bond motifs is 1. The van der Waals surface area contributed by atoms with Gasteiger partial charge in [0.05, 0.1) is 0 Å². The normalized spacial score (nSPS) is 17.0. The Bertz CT molecular complexity index is 1050. The molecule has 0 radical (unpaired) electrons. The number of aromatic nitrogens is 4. The summed E-state index contributed by atoms with van der Waals surface area (Å²) >= 11 is 0. The zero-order valence-corrected chi connectivity index (χ0v) is 15.2. The Morgan fingerprint density at radius 2 is 1.92 bits per heavy atom. The number of pyridine rings is 2. The van der Waals surface area contributed by atoms with Gasteiger partial charge in [0.2, 0.25) is 16.0 Å². The summed E-state index contributed by atoms with van der Waals surface area (Å²) in [6.45, 7) is 3.26. The number of nitrogen functional groups attached to an aromatic ring is 1. The average molecular weight is 372 g/mol. The van der Waals surface area contributed by atoms with Crippen LogP contribution in [0.3, 0.4) is 0 Å². The minimum Gasteiger partial charge on any atom is -0.366 e. The lowest BCUT2D eigenvalue weighted by Gasteiger charge is -2.29. The van der Waals surface area contributed by atoms with E-state index in [1.54, 1.807) is 33.3 Å². The second kappa shape index (κ2) is 6.33. The summed E-state index contributed by atoms with van der Waals surface area (Å²) in [4.78, 5) is 8.44. The molecule has 4 heterocycles. The van der Waals surface area contributed by atoms with E-state index in [-0.39, 0.29) is 10.8 Å². The Labute approximate surface area is 151 Å². The largest absolute Gasteiger partial charge is 0.366 e. The number of hydrogen-bond acceptors (Lipinski definition) is 6. The van der Waals surface area contributed by atoms with Gasteiger partial charge in [0.15, 0.2) is 5.65 Å². The molecular weight excluding hydrogens is 352 g/mol. The Hall–Kier alpha value is -2.52. The SMILES string of the molecule is CC1CCN(S(=O)(=O)c2cncc(-c3ccc4nc(N)nn4c3)c2)CC1. The van der Waals surface area contributed by atoms with Crippen LogP contribution in [0.25, 0.3) is 16.8 Å².